The van der Waals surface area contributed by atoms with Gasteiger partial charge in [0.25, 0.3) is 0 Å². The number of fused-ring (bicyclic) bond motifs is 2. The van der Waals surface area contributed by atoms with Gasteiger partial charge in [0.15, 0.2) is 0 Å². The van der Waals surface area contributed by atoms with Gasteiger partial charge in [0.2, 0.25) is 0 Å². The molecule has 3 aliphatic rings. The Morgan fingerprint density at radius 1 is 1.05 bits per heavy atom. The van der Waals surface area contributed by atoms with Crippen molar-refractivity contribution in [2.45, 2.75) is 25.7 Å². The molecule has 1 saturated heterocycles. The maximum absolute atomic E-state index is 5.90. The number of hydrogen-bond donors (Lipinski definition) is 1. The van der Waals surface area contributed by atoms with E-state index in [0.29, 0.717) is 0 Å². The van der Waals surface area contributed by atoms with Crippen molar-refractivity contribution < 1.29 is 0 Å². The average Bonchev–Trinajstić information content (AvgIpc) is 3.11. The van der Waals surface area contributed by atoms with Gasteiger partial charge in [0, 0.05) is 44.1 Å². The quantitative estimate of drug-likeness (QED) is 0.867. The summed E-state index contributed by atoms with van der Waals surface area (Å²) in [5.74, 6) is 3.14. The van der Waals surface area contributed by atoms with Crippen LogP contribution in [0.25, 0.3) is 0 Å². The molecule has 2 saturated carbocycles. The van der Waals surface area contributed by atoms with E-state index in [4.69, 9.17) is 5.73 Å². The summed E-state index contributed by atoms with van der Waals surface area (Å²) < 4.78 is 0. The van der Waals surface area contributed by atoms with Crippen LogP contribution in [0.1, 0.15) is 25.7 Å². The van der Waals surface area contributed by atoms with Crippen molar-refractivity contribution in [1.29, 1.82) is 0 Å². The van der Waals surface area contributed by atoms with Gasteiger partial charge in [-0.05, 0) is 55.2 Å². The number of anilines is 2. The van der Waals surface area contributed by atoms with Gasteiger partial charge >= 0.3 is 0 Å². The van der Waals surface area contributed by atoms with E-state index in [2.05, 4.69) is 28.0 Å². The minimum atomic E-state index is 0.872. The van der Waals surface area contributed by atoms with Crippen molar-refractivity contribution in [1.82, 2.24) is 4.90 Å². The summed E-state index contributed by atoms with van der Waals surface area (Å²) in [6.45, 7) is 6.06. The van der Waals surface area contributed by atoms with Gasteiger partial charge in [-0.2, -0.15) is 0 Å². The number of piperazine rings is 1. The lowest BCUT2D eigenvalue weighted by Crippen LogP contribution is -2.48. The van der Waals surface area contributed by atoms with Crippen LogP contribution in [0.4, 0.5) is 11.4 Å². The molecule has 21 heavy (non-hydrogen) atoms. The first kappa shape index (κ1) is 13.4. The molecule has 1 aromatic rings. The highest BCUT2D eigenvalue weighted by Gasteiger charge is 2.40. The van der Waals surface area contributed by atoms with Crippen LogP contribution < -0.4 is 10.6 Å². The molecular weight excluding hydrogens is 258 g/mol. The van der Waals surface area contributed by atoms with E-state index in [9.17, 15) is 0 Å². The largest absolute Gasteiger partial charge is 0.399 e. The van der Waals surface area contributed by atoms with Gasteiger partial charge in [0.1, 0.15) is 0 Å². The van der Waals surface area contributed by atoms with Crippen molar-refractivity contribution in [3.8, 4) is 0 Å². The lowest BCUT2D eigenvalue weighted by atomic mass is 9.88. The van der Waals surface area contributed by atoms with Gasteiger partial charge in [-0.25, -0.2) is 0 Å². The maximum atomic E-state index is 5.90. The Morgan fingerprint density at radius 3 is 2.57 bits per heavy atom. The van der Waals surface area contributed by atoms with Gasteiger partial charge < -0.3 is 10.6 Å². The topological polar surface area (TPSA) is 32.5 Å². The molecule has 1 heterocycles. The fraction of sp³-hybridized carbons (Fsp3) is 0.667. The predicted octanol–water partition coefficient (Wildman–Crippen LogP) is 2.83. The van der Waals surface area contributed by atoms with Crippen molar-refractivity contribution in [2.24, 2.45) is 17.8 Å². The minimum Gasteiger partial charge on any atom is -0.399 e. The van der Waals surface area contributed by atoms with E-state index < -0.39 is 0 Å². The van der Waals surface area contributed by atoms with Crippen molar-refractivity contribution >= 4 is 11.4 Å². The highest BCUT2D eigenvalue weighted by Crippen LogP contribution is 2.48. The smallest absolute Gasteiger partial charge is 0.0387 e. The number of hydrogen-bond acceptors (Lipinski definition) is 3. The summed E-state index contributed by atoms with van der Waals surface area (Å²) >= 11 is 0. The van der Waals surface area contributed by atoms with E-state index in [1.165, 1.54) is 51.0 Å². The van der Waals surface area contributed by atoms with E-state index in [0.717, 1.165) is 36.5 Å². The molecule has 3 atom stereocenters. The van der Waals surface area contributed by atoms with E-state index >= 15 is 0 Å². The lowest BCUT2D eigenvalue weighted by molar-refractivity contribution is 0.182. The molecule has 1 aromatic carbocycles. The fourth-order valence-corrected chi connectivity index (χ4v) is 4.84. The van der Waals surface area contributed by atoms with E-state index in [-0.39, 0.29) is 0 Å². The SMILES string of the molecule is Nc1cccc(N2CCN(CC3CC4CCC3C4)CC2)c1. The average molecular weight is 285 g/mol. The molecular formula is C18H27N3. The van der Waals surface area contributed by atoms with Crippen LogP contribution in [0.5, 0.6) is 0 Å². The summed E-state index contributed by atoms with van der Waals surface area (Å²) in [5, 5.41) is 0. The van der Waals surface area contributed by atoms with E-state index in [1.54, 1.807) is 0 Å². The van der Waals surface area contributed by atoms with Crippen LogP contribution in [0.15, 0.2) is 24.3 Å². The molecule has 3 heteroatoms. The molecule has 2 N–H and O–H groups in total. The van der Waals surface area contributed by atoms with Gasteiger partial charge in [-0.3, -0.25) is 4.90 Å². The normalized spacial score (nSPS) is 32.8. The highest BCUT2D eigenvalue weighted by molar-refractivity contribution is 5.56. The predicted molar refractivity (Wildman–Crippen MR) is 88.4 cm³/mol. The number of nitrogens with zero attached hydrogens (tertiary/aromatic N) is 2. The second kappa shape index (κ2) is 5.53. The van der Waals surface area contributed by atoms with E-state index in [1.807, 2.05) is 6.07 Å². The Kier molecular flexibility index (Phi) is 3.54. The number of nitrogens with two attached hydrogens (primary N) is 1. The second-order valence-corrected chi connectivity index (χ2v) is 7.32. The second-order valence-electron chi connectivity index (χ2n) is 7.32. The van der Waals surface area contributed by atoms with Crippen LogP contribution in [0.2, 0.25) is 0 Å². The third kappa shape index (κ3) is 2.76. The van der Waals surface area contributed by atoms with Crippen molar-refractivity contribution in [2.75, 3.05) is 43.4 Å². The third-order valence-corrected chi connectivity index (χ3v) is 5.98. The minimum absolute atomic E-state index is 0.872. The molecule has 0 amide bonds. The maximum Gasteiger partial charge on any atom is 0.0387 e. The van der Waals surface area contributed by atoms with Gasteiger partial charge in [-0.15, -0.1) is 0 Å². The molecule has 2 bridgehead atoms. The first-order valence-corrected chi connectivity index (χ1v) is 8.61. The van der Waals surface area contributed by atoms with Gasteiger partial charge in [-0.1, -0.05) is 12.5 Å². The molecule has 4 rings (SSSR count). The zero-order valence-corrected chi connectivity index (χ0v) is 12.9. The lowest BCUT2D eigenvalue weighted by Gasteiger charge is -2.38. The molecule has 114 valence electrons. The number of benzene rings is 1. The zero-order chi connectivity index (χ0) is 14.2. The number of nitrogen functional groups attached to an aromatic ring is 1. The Hall–Kier alpha value is -1.22. The Labute approximate surface area is 128 Å². The molecule has 1 aliphatic heterocycles. The first-order valence-electron chi connectivity index (χ1n) is 8.61. The first-order chi connectivity index (χ1) is 10.3. The van der Waals surface area contributed by atoms with Crippen LogP contribution >= 0.6 is 0 Å². The fourth-order valence-electron chi connectivity index (χ4n) is 4.84. The Morgan fingerprint density at radius 2 is 1.90 bits per heavy atom. The van der Waals surface area contributed by atoms with Crippen LogP contribution in [0.3, 0.4) is 0 Å². The summed E-state index contributed by atoms with van der Waals surface area (Å²) in [6.07, 6.45) is 6.08. The van der Waals surface area contributed by atoms with Crippen LogP contribution in [-0.4, -0.2) is 37.6 Å². The Balaban J connectivity index is 1.30. The van der Waals surface area contributed by atoms with Crippen LogP contribution in [-0.2, 0) is 0 Å². The molecule has 0 radical (unpaired) electrons. The summed E-state index contributed by atoms with van der Waals surface area (Å²) in [4.78, 5) is 5.18. The van der Waals surface area contributed by atoms with Crippen molar-refractivity contribution in [3.63, 3.8) is 0 Å². The summed E-state index contributed by atoms with van der Waals surface area (Å²) in [6, 6.07) is 8.31. The third-order valence-electron chi connectivity index (χ3n) is 5.98. The van der Waals surface area contributed by atoms with Crippen molar-refractivity contribution in [3.05, 3.63) is 24.3 Å². The van der Waals surface area contributed by atoms with Gasteiger partial charge in [0.05, 0.1) is 0 Å². The summed E-state index contributed by atoms with van der Waals surface area (Å²) in [5.41, 5.74) is 8.06. The summed E-state index contributed by atoms with van der Waals surface area (Å²) in [7, 11) is 0. The molecule has 3 unspecified atom stereocenters. The molecule has 0 spiro atoms. The molecule has 0 aromatic heterocycles. The zero-order valence-electron chi connectivity index (χ0n) is 12.9. The number of rotatable bonds is 3. The molecule has 3 fully saturated rings. The Bertz CT molecular complexity index is 493. The van der Waals surface area contributed by atoms with Crippen LogP contribution in [0, 0.1) is 17.8 Å². The monoisotopic (exact) mass is 285 g/mol. The molecule has 3 nitrogen and oxygen atoms in total. The standard InChI is InChI=1S/C18H27N3/c19-17-2-1-3-18(12-17)21-8-6-20(7-9-21)13-16-11-14-4-5-15(16)10-14/h1-3,12,14-16H,4-11,13,19H2. The highest BCUT2D eigenvalue weighted by atomic mass is 15.3. The molecule has 2 aliphatic carbocycles.